The molecule has 0 aliphatic heterocycles. The average molecular weight is 765 g/mol. The van der Waals surface area contributed by atoms with Crippen LogP contribution in [0.4, 0.5) is 0 Å². The second-order valence-electron chi connectivity index (χ2n) is 18.5. The zero-order valence-corrected chi connectivity index (χ0v) is 38.3. The van der Waals surface area contributed by atoms with E-state index in [0.29, 0.717) is 0 Å². The van der Waals surface area contributed by atoms with Crippen LogP contribution in [0.3, 0.4) is 0 Å². The Kier molecular flexibility index (Phi) is 45.2. The first-order chi connectivity index (χ1) is 27.4. The van der Waals surface area contributed by atoms with Crippen molar-refractivity contribution in [1.82, 2.24) is 0 Å². The van der Waals surface area contributed by atoms with Crippen molar-refractivity contribution in [2.75, 3.05) is 0 Å². The number of hydrogen-bond donors (Lipinski definition) is 0. The zero-order chi connectivity index (χ0) is 39.1. The van der Waals surface area contributed by atoms with Crippen molar-refractivity contribution < 1.29 is 0 Å². The molecule has 1 rings (SSSR count). The van der Waals surface area contributed by atoms with Crippen LogP contribution in [0.2, 0.25) is 0 Å². The number of rotatable bonds is 48. The maximum atomic E-state index is 2.31. The minimum Gasteiger partial charge on any atom is -0.0654 e. The highest BCUT2D eigenvalue weighted by atomic mass is 14.1. The van der Waals surface area contributed by atoms with Crippen LogP contribution in [0.5, 0.6) is 0 Å². The normalized spacial score (nSPS) is 11.6. The number of hydrogen-bond acceptors (Lipinski definition) is 0. The lowest BCUT2D eigenvalue weighted by Crippen LogP contribution is -1.86. The molecule has 0 bridgehead atoms. The van der Waals surface area contributed by atoms with Gasteiger partial charge in [0.15, 0.2) is 0 Å². The van der Waals surface area contributed by atoms with Gasteiger partial charge in [0.1, 0.15) is 0 Å². The van der Waals surface area contributed by atoms with E-state index in [2.05, 4.69) is 37.3 Å². The van der Waals surface area contributed by atoms with Crippen molar-refractivity contribution in [2.45, 2.75) is 315 Å². The second kappa shape index (κ2) is 47.6. The Bertz CT molecular complexity index is 780. The van der Waals surface area contributed by atoms with Gasteiger partial charge in [0.05, 0.1) is 0 Å². The molecule has 55 heavy (non-hydrogen) atoms. The summed E-state index contributed by atoms with van der Waals surface area (Å²) in [5.41, 5.74) is 1.51. The Morgan fingerprint density at radius 2 is 0.364 bits per heavy atom. The summed E-state index contributed by atoms with van der Waals surface area (Å²) in [5, 5.41) is 0. The van der Waals surface area contributed by atoms with Gasteiger partial charge < -0.3 is 0 Å². The first-order valence-electron chi connectivity index (χ1n) is 26.5. The maximum Gasteiger partial charge on any atom is -0.0279 e. The Balaban J connectivity index is 1.59. The van der Waals surface area contributed by atoms with Gasteiger partial charge >= 0.3 is 0 Å². The van der Waals surface area contributed by atoms with E-state index in [1.807, 2.05) is 0 Å². The summed E-state index contributed by atoms with van der Waals surface area (Å²) in [6, 6.07) is 11.0. The fourth-order valence-electron chi connectivity index (χ4n) is 9.00. The van der Waals surface area contributed by atoms with Crippen molar-refractivity contribution in [3.8, 4) is 0 Å². The summed E-state index contributed by atoms with van der Waals surface area (Å²) in [6.07, 6.45) is 70.8. The molecule has 0 fully saturated rings. The first-order valence-corrected chi connectivity index (χ1v) is 26.5. The summed E-state index contributed by atoms with van der Waals surface area (Å²) in [5.74, 6) is 0. The van der Waals surface area contributed by atoms with Crippen LogP contribution in [-0.4, -0.2) is 0 Å². The van der Waals surface area contributed by atoms with Gasteiger partial charge in [-0.25, -0.2) is 0 Å². The van der Waals surface area contributed by atoms with E-state index >= 15 is 0 Å². The van der Waals surface area contributed by atoms with E-state index in [-0.39, 0.29) is 0 Å². The molecule has 0 saturated carbocycles. The highest BCUT2D eigenvalue weighted by Gasteiger charge is 1.99. The van der Waals surface area contributed by atoms with Crippen LogP contribution in [0.15, 0.2) is 30.3 Å². The van der Waals surface area contributed by atoms with E-state index in [0.717, 1.165) is 0 Å². The van der Waals surface area contributed by atoms with Crippen LogP contribution < -0.4 is 0 Å². The predicted molar refractivity (Wildman–Crippen MR) is 253 cm³/mol. The van der Waals surface area contributed by atoms with Crippen LogP contribution in [-0.2, 0) is 6.42 Å². The summed E-state index contributed by atoms with van der Waals surface area (Å²) in [7, 11) is 0. The minimum atomic E-state index is 1.26. The molecular weight excluding hydrogens is 661 g/mol. The van der Waals surface area contributed by atoms with Crippen LogP contribution in [0, 0.1) is 0 Å². The lowest BCUT2D eigenvalue weighted by atomic mass is 10.0. The summed E-state index contributed by atoms with van der Waals surface area (Å²) in [6.45, 7) is 2.31. The maximum absolute atomic E-state index is 2.31. The smallest absolute Gasteiger partial charge is 0.0279 e. The van der Waals surface area contributed by atoms with E-state index < -0.39 is 0 Å². The third-order valence-electron chi connectivity index (χ3n) is 12.9. The van der Waals surface area contributed by atoms with Gasteiger partial charge in [-0.15, -0.1) is 0 Å². The van der Waals surface area contributed by atoms with Gasteiger partial charge in [-0.2, -0.15) is 0 Å². The van der Waals surface area contributed by atoms with Crippen molar-refractivity contribution >= 4 is 0 Å². The van der Waals surface area contributed by atoms with E-state index in [4.69, 9.17) is 0 Å². The molecule has 1 aromatic carbocycles. The fraction of sp³-hybridized carbons (Fsp3) is 0.891. The molecular formula is C55H104. The Labute approximate surface area is 349 Å². The van der Waals surface area contributed by atoms with Crippen molar-refractivity contribution in [1.29, 1.82) is 0 Å². The molecule has 0 aromatic heterocycles. The molecule has 0 N–H and O–H groups in total. The molecule has 0 amide bonds. The van der Waals surface area contributed by atoms with Crippen LogP contribution in [0.25, 0.3) is 0 Å². The Morgan fingerprint density at radius 1 is 0.200 bits per heavy atom. The molecule has 0 unspecified atom stereocenters. The summed E-state index contributed by atoms with van der Waals surface area (Å²) >= 11 is 0. The molecule has 0 nitrogen and oxygen atoms in total. The Morgan fingerprint density at radius 3 is 0.545 bits per heavy atom. The highest BCUT2D eigenvalue weighted by molar-refractivity contribution is 5.14. The van der Waals surface area contributed by atoms with Crippen LogP contribution >= 0.6 is 0 Å². The highest BCUT2D eigenvalue weighted by Crippen LogP contribution is 2.19. The molecule has 0 aliphatic carbocycles. The van der Waals surface area contributed by atoms with Gasteiger partial charge in [-0.3, -0.25) is 0 Å². The number of aryl methyl sites for hydroxylation is 1. The van der Waals surface area contributed by atoms with Gasteiger partial charge in [0, 0.05) is 0 Å². The topological polar surface area (TPSA) is 0 Å². The SMILES string of the molecule is CCCCCCCCCCCCCCCCCCCCCCCCCCCCCCCCCCCCCCCCCCCCCCCCCc1ccccc1. The van der Waals surface area contributed by atoms with Crippen LogP contribution in [0.1, 0.15) is 314 Å². The van der Waals surface area contributed by atoms with E-state index in [1.165, 1.54) is 314 Å². The molecule has 0 saturated heterocycles. The van der Waals surface area contributed by atoms with Crippen molar-refractivity contribution in [2.24, 2.45) is 0 Å². The van der Waals surface area contributed by atoms with Gasteiger partial charge in [-0.1, -0.05) is 333 Å². The number of unbranched alkanes of at least 4 members (excludes halogenated alkanes) is 46. The molecule has 0 radical (unpaired) electrons. The summed E-state index contributed by atoms with van der Waals surface area (Å²) < 4.78 is 0. The zero-order valence-electron chi connectivity index (χ0n) is 38.3. The fourth-order valence-corrected chi connectivity index (χ4v) is 9.00. The molecule has 324 valence electrons. The third-order valence-corrected chi connectivity index (χ3v) is 12.9. The quantitative estimate of drug-likeness (QED) is 0.0580. The number of benzene rings is 1. The lowest BCUT2D eigenvalue weighted by Gasteiger charge is -2.05. The van der Waals surface area contributed by atoms with Crippen molar-refractivity contribution in [3.63, 3.8) is 0 Å². The van der Waals surface area contributed by atoms with E-state index in [1.54, 1.807) is 0 Å². The molecule has 0 spiro atoms. The molecule has 0 heterocycles. The Hall–Kier alpha value is -0.780. The molecule has 0 heteroatoms. The molecule has 0 aliphatic rings. The molecule has 1 aromatic rings. The first kappa shape index (κ1) is 52.2. The van der Waals surface area contributed by atoms with E-state index in [9.17, 15) is 0 Å². The minimum absolute atomic E-state index is 1.26. The van der Waals surface area contributed by atoms with Gasteiger partial charge in [0.25, 0.3) is 0 Å². The summed E-state index contributed by atoms with van der Waals surface area (Å²) in [4.78, 5) is 0. The van der Waals surface area contributed by atoms with Gasteiger partial charge in [-0.05, 0) is 18.4 Å². The predicted octanol–water partition coefficient (Wildman–Crippen LogP) is 20.6. The standard InChI is InChI=1S/C55H104/c1-2-3-4-5-6-7-8-9-10-11-12-13-14-15-16-17-18-19-20-21-22-23-24-25-26-27-28-29-30-31-32-33-34-35-36-37-38-39-40-41-42-43-44-45-46-47-49-52-55-53-50-48-51-54-55/h48,50-51,53-54H,2-47,49,52H2,1H3. The largest absolute Gasteiger partial charge is 0.0654 e. The van der Waals surface area contributed by atoms with Crippen molar-refractivity contribution in [3.05, 3.63) is 35.9 Å². The third kappa shape index (κ3) is 44.2. The molecule has 0 atom stereocenters. The second-order valence-corrected chi connectivity index (χ2v) is 18.5. The van der Waals surface area contributed by atoms with Gasteiger partial charge in [0.2, 0.25) is 0 Å². The lowest BCUT2D eigenvalue weighted by molar-refractivity contribution is 0.508. The average Bonchev–Trinajstić information content (AvgIpc) is 3.21. The monoisotopic (exact) mass is 765 g/mol.